The minimum atomic E-state index is -3.24. The molecule has 0 saturated carbocycles. The van der Waals surface area contributed by atoms with E-state index in [2.05, 4.69) is 4.99 Å². The molecule has 2 unspecified atom stereocenters. The second-order valence-corrected chi connectivity index (χ2v) is 10.3. The number of rotatable bonds is 6. The second-order valence-electron chi connectivity index (χ2n) is 6.51. The minimum absolute atomic E-state index is 0.0344. The molecule has 0 aliphatic carbocycles. The molecule has 158 valence electrons. The highest BCUT2D eigenvalue weighted by atomic mass is 35.5. The fraction of sp³-hybridized carbons (Fsp3) is 0.471. The molecule has 1 aromatic rings. The van der Waals surface area contributed by atoms with Gasteiger partial charge in [-0.25, -0.2) is 8.42 Å². The van der Waals surface area contributed by atoms with Gasteiger partial charge in [-0.3, -0.25) is 9.59 Å². The SMILES string of the molecule is COc1cc(OC)c(N2C(=NC(=O)CCC(=O)O)SC3CS(=O)(=O)CC32)cc1Cl. The summed E-state index contributed by atoms with van der Waals surface area (Å²) in [6.45, 7) is 0. The number of nitrogens with zero attached hydrogens (tertiary/aromatic N) is 2. The molecule has 2 heterocycles. The summed E-state index contributed by atoms with van der Waals surface area (Å²) in [7, 11) is -0.332. The van der Waals surface area contributed by atoms with Crippen LogP contribution in [0.3, 0.4) is 0 Å². The number of sulfone groups is 1. The number of anilines is 1. The van der Waals surface area contributed by atoms with Crippen molar-refractivity contribution in [1.29, 1.82) is 0 Å². The molecule has 2 saturated heterocycles. The third kappa shape index (κ3) is 4.62. The lowest BCUT2D eigenvalue weighted by Crippen LogP contribution is -2.38. The van der Waals surface area contributed by atoms with Crippen molar-refractivity contribution in [1.82, 2.24) is 0 Å². The van der Waals surface area contributed by atoms with Gasteiger partial charge in [0.05, 0.1) is 48.9 Å². The zero-order valence-electron chi connectivity index (χ0n) is 15.6. The van der Waals surface area contributed by atoms with Crippen LogP contribution < -0.4 is 14.4 Å². The topological polar surface area (TPSA) is 123 Å². The Bertz CT molecular complexity index is 980. The van der Waals surface area contributed by atoms with Crippen LogP contribution in [0.4, 0.5) is 5.69 Å². The molecule has 0 aromatic heterocycles. The highest BCUT2D eigenvalue weighted by Crippen LogP contribution is 2.46. The first-order valence-corrected chi connectivity index (χ1v) is 11.6. The third-order valence-corrected chi connectivity index (χ3v) is 8.06. The lowest BCUT2D eigenvalue weighted by molar-refractivity contribution is -0.138. The number of aliphatic carboxylic acids is 1. The van der Waals surface area contributed by atoms with Crippen molar-refractivity contribution in [3.63, 3.8) is 0 Å². The van der Waals surface area contributed by atoms with Crippen molar-refractivity contribution in [2.24, 2.45) is 4.99 Å². The number of carboxylic acids is 1. The van der Waals surface area contributed by atoms with Crippen molar-refractivity contribution in [2.45, 2.75) is 24.1 Å². The van der Waals surface area contributed by atoms with Crippen molar-refractivity contribution >= 4 is 55.9 Å². The number of amidine groups is 1. The summed E-state index contributed by atoms with van der Waals surface area (Å²) in [5.41, 5.74) is 0.459. The molecule has 12 heteroatoms. The molecule has 0 bridgehead atoms. The van der Waals surface area contributed by atoms with Gasteiger partial charge >= 0.3 is 5.97 Å². The Hall–Kier alpha value is -1.98. The van der Waals surface area contributed by atoms with Gasteiger partial charge in [0.15, 0.2) is 15.0 Å². The van der Waals surface area contributed by atoms with E-state index in [9.17, 15) is 18.0 Å². The second kappa shape index (κ2) is 8.41. The average Bonchev–Trinajstić information content (AvgIpc) is 3.10. The van der Waals surface area contributed by atoms with E-state index >= 15 is 0 Å². The van der Waals surface area contributed by atoms with E-state index < -0.39 is 27.8 Å². The molecule has 2 aliphatic rings. The van der Waals surface area contributed by atoms with Gasteiger partial charge in [-0.1, -0.05) is 23.4 Å². The standard InChI is InChI=1S/C17H19ClN2O7S2/c1-26-12-6-13(27-2)10(5-9(12)18)20-11-7-29(24,25)8-14(11)28-17(20)19-15(21)3-4-16(22)23/h5-6,11,14H,3-4,7-8H2,1-2H3,(H,22,23). The molecule has 1 N–H and O–H groups in total. The predicted octanol–water partition coefficient (Wildman–Crippen LogP) is 1.82. The molecular formula is C17H19ClN2O7S2. The Morgan fingerprint density at radius 3 is 2.55 bits per heavy atom. The summed E-state index contributed by atoms with van der Waals surface area (Å²) in [5, 5.41) is 9.04. The van der Waals surface area contributed by atoms with Crippen molar-refractivity contribution < 1.29 is 32.6 Å². The quantitative estimate of drug-likeness (QED) is 0.674. The first-order valence-electron chi connectivity index (χ1n) is 8.56. The summed E-state index contributed by atoms with van der Waals surface area (Å²) in [6.07, 6.45) is -0.583. The van der Waals surface area contributed by atoms with E-state index in [1.165, 1.54) is 26.0 Å². The van der Waals surface area contributed by atoms with E-state index in [4.69, 9.17) is 26.2 Å². The third-order valence-electron chi connectivity index (χ3n) is 4.55. The van der Waals surface area contributed by atoms with Crippen LogP contribution in [0, 0.1) is 0 Å². The van der Waals surface area contributed by atoms with Crippen LogP contribution in [0.25, 0.3) is 0 Å². The van der Waals surface area contributed by atoms with Crippen molar-refractivity contribution in [2.75, 3.05) is 30.6 Å². The van der Waals surface area contributed by atoms with Gasteiger partial charge in [-0.15, -0.1) is 0 Å². The smallest absolute Gasteiger partial charge is 0.303 e. The van der Waals surface area contributed by atoms with Gasteiger partial charge in [0.2, 0.25) is 5.91 Å². The number of carbonyl (C=O) groups excluding carboxylic acids is 1. The molecular weight excluding hydrogens is 444 g/mol. The predicted molar refractivity (Wildman–Crippen MR) is 110 cm³/mol. The first-order chi connectivity index (χ1) is 13.6. The molecule has 2 fully saturated rings. The maximum absolute atomic E-state index is 12.2. The van der Waals surface area contributed by atoms with Gasteiger partial charge < -0.3 is 19.5 Å². The zero-order chi connectivity index (χ0) is 21.3. The van der Waals surface area contributed by atoms with Gasteiger partial charge in [-0.05, 0) is 6.07 Å². The highest BCUT2D eigenvalue weighted by Gasteiger charge is 2.50. The van der Waals surface area contributed by atoms with E-state index in [1.54, 1.807) is 17.0 Å². The molecule has 1 aromatic carbocycles. The zero-order valence-corrected chi connectivity index (χ0v) is 18.0. The maximum atomic E-state index is 12.2. The number of benzene rings is 1. The van der Waals surface area contributed by atoms with Gasteiger partial charge in [0, 0.05) is 17.7 Å². The van der Waals surface area contributed by atoms with Gasteiger partial charge in [-0.2, -0.15) is 4.99 Å². The molecule has 2 atom stereocenters. The van der Waals surface area contributed by atoms with Crippen LogP contribution >= 0.6 is 23.4 Å². The Kier molecular flexibility index (Phi) is 6.30. The monoisotopic (exact) mass is 462 g/mol. The number of ether oxygens (including phenoxy) is 2. The Morgan fingerprint density at radius 1 is 1.24 bits per heavy atom. The number of methoxy groups -OCH3 is 2. The first kappa shape index (κ1) is 21.7. The maximum Gasteiger partial charge on any atom is 0.303 e. The lowest BCUT2D eigenvalue weighted by atomic mass is 10.2. The highest BCUT2D eigenvalue weighted by molar-refractivity contribution is 8.16. The van der Waals surface area contributed by atoms with Crippen molar-refractivity contribution in [3.8, 4) is 11.5 Å². The Balaban J connectivity index is 2.04. The van der Waals surface area contributed by atoms with E-state index in [0.29, 0.717) is 22.4 Å². The molecule has 1 amide bonds. The molecule has 0 radical (unpaired) electrons. The number of carbonyl (C=O) groups is 2. The summed E-state index contributed by atoms with van der Waals surface area (Å²) in [5.74, 6) is -1.07. The fourth-order valence-corrected chi connectivity index (χ4v) is 7.41. The van der Waals surface area contributed by atoms with E-state index in [0.717, 1.165) is 0 Å². The van der Waals surface area contributed by atoms with Crippen LogP contribution in [0.15, 0.2) is 17.1 Å². The van der Waals surface area contributed by atoms with Crippen molar-refractivity contribution in [3.05, 3.63) is 17.2 Å². The lowest BCUT2D eigenvalue weighted by Gasteiger charge is -2.26. The summed E-state index contributed by atoms with van der Waals surface area (Å²) < 4.78 is 35.0. The fourth-order valence-electron chi connectivity index (χ4n) is 3.26. The number of amides is 1. The number of halogens is 1. The summed E-state index contributed by atoms with van der Waals surface area (Å²) in [4.78, 5) is 28.6. The number of hydrogen-bond donors (Lipinski definition) is 1. The number of fused-ring (bicyclic) bond motifs is 1. The van der Waals surface area contributed by atoms with Crippen LogP contribution in [-0.2, 0) is 19.4 Å². The van der Waals surface area contributed by atoms with Crippen LogP contribution in [-0.4, -0.2) is 67.6 Å². The largest absolute Gasteiger partial charge is 0.495 e. The minimum Gasteiger partial charge on any atom is -0.495 e. The Morgan fingerprint density at radius 2 is 1.93 bits per heavy atom. The molecule has 29 heavy (non-hydrogen) atoms. The van der Waals surface area contributed by atoms with Crippen LogP contribution in [0.1, 0.15) is 12.8 Å². The molecule has 2 aliphatic heterocycles. The number of thioether (sulfide) groups is 1. The molecule has 3 rings (SSSR count). The number of carboxylic acid groups (broad SMARTS) is 1. The molecule has 0 spiro atoms. The average molecular weight is 463 g/mol. The van der Waals surface area contributed by atoms with Gasteiger partial charge in [0.25, 0.3) is 0 Å². The normalized spacial score (nSPS) is 23.8. The number of aliphatic imine (C=N–C) groups is 1. The van der Waals surface area contributed by atoms with E-state index in [-0.39, 0.29) is 34.6 Å². The Labute approximate surface area is 176 Å². The summed E-state index contributed by atoms with van der Waals surface area (Å²) in [6, 6.07) is 2.70. The molecule has 9 nitrogen and oxygen atoms in total. The van der Waals surface area contributed by atoms with E-state index in [1.807, 2.05) is 0 Å². The van der Waals surface area contributed by atoms with Gasteiger partial charge in [0.1, 0.15) is 11.5 Å². The summed E-state index contributed by atoms with van der Waals surface area (Å²) >= 11 is 7.45. The van der Waals surface area contributed by atoms with Crippen LogP contribution in [0.2, 0.25) is 5.02 Å². The number of hydrogen-bond acceptors (Lipinski definition) is 7. The van der Waals surface area contributed by atoms with Crippen LogP contribution in [0.5, 0.6) is 11.5 Å².